The average molecular weight is 362 g/mol. The van der Waals surface area contributed by atoms with E-state index >= 15 is 0 Å². The van der Waals surface area contributed by atoms with E-state index in [0.29, 0.717) is 22.0 Å². The molecule has 0 aliphatic rings. The number of nitrogens with one attached hydrogen (secondary N) is 1. The van der Waals surface area contributed by atoms with E-state index in [1.807, 2.05) is 0 Å². The van der Waals surface area contributed by atoms with Crippen molar-refractivity contribution in [3.05, 3.63) is 59.1 Å². The van der Waals surface area contributed by atoms with Gasteiger partial charge >= 0.3 is 5.97 Å². The monoisotopic (exact) mass is 361 g/mol. The van der Waals surface area contributed by atoms with E-state index < -0.39 is 5.97 Å². The van der Waals surface area contributed by atoms with Crippen molar-refractivity contribution >= 4 is 34.9 Å². The minimum atomic E-state index is -1.02. The van der Waals surface area contributed by atoms with Crippen LogP contribution in [0.2, 0.25) is 5.02 Å². The molecule has 0 fully saturated rings. The number of rotatable bonds is 8. The normalized spacial score (nSPS) is 10.1. The number of benzene rings is 2. The van der Waals surface area contributed by atoms with Crippen LogP contribution < -0.4 is 10.1 Å². The number of hydrogen-bond donors (Lipinski definition) is 2. The molecule has 0 radical (unpaired) electrons. The number of hydrogen-bond acceptors (Lipinski definition) is 4. The van der Waals surface area contributed by atoms with Crippen molar-refractivity contribution in [3.8, 4) is 5.75 Å². The average Bonchev–Trinajstić information content (AvgIpc) is 2.60. The van der Waals surface area contributed by atoms with Crippen molar-refractivity contribution in [2.24, 2.45) is 0 Å². The van der Waals surface area contributed by atoms with Crippen LogP contribution >= 0.6 is 11.6 Å². The molecule has 7 heteroatoms. The number of amides is 1. The first kappa shape index (κ1) is 18.5. The van der Waals surface area contributed by atoms with Crippen LogP contribution in [-0.4, -0.2) is 29.4 Å². The smallest absolute Gasteiger partial charge is 0.303 e. The lowest BCUT2D eigenvalue weighted by Gasteiger charge is -2.08. The molecule has 0 aliphatic carbocycles. The molecule has 0 saturated heterocycles. The van der Waals surface area contributed by atoms with E-state index in [0.717, 1.165) is 0 Å². The third-order valence-electron chi connectivity index (χ3n) is 3.24. The van der Waals surface area contributed by atoms with Gasteiger partial charge < -0.3 is 15.2 Å². The summed E-state index contributed by atoms with van der Waals surface area (Å²) in [5.41, 5.74) is 0.913. The number of aliphatic carboxylic acids is 1. The Labute approximate surface area is 149 Å². The van der Waals surface area contributed by atoms with Crippen LogP contribution in [0.15, 0.2) is 48.5 Å². The molecule has 2 aromatic carbocycles. The fourth-order valence-corrected chi connectivity index (χ4v) is 2.11. The molecular formula is C18H16ClNO5. The number of carbonyl (C=O) groups excluding carboxylic acids is 2. The maximum absolute atomic E-state index is 11.9. The maximum atomic E-state index is 11.9. The van der Waals surface area contributed by atoms with Crippen LogP contribution in [-0.2, 0) is 9.59 Å². The molecule has 0 heterocycles. The van der Waals surface area contributed by atoms with Crippen molar-refractivity contribution < 1.29 is 24.2 Å². The highest BCUT2D eigenvalue weighted by Gasteiger charge is 2.09. The van der Waals surface area contributed by atoms with E-state index in [-0.39, 0.29) is 31.1 Å². The van der Waals surface area contributed by atoms with Crippen LogP contribution in [0.1, 0.15) is 23.2 Å². The van der Waals surface area contributed by atoms with E-state index in [2.05, 4.69) is 5.32 Å². The largest absolute Gasteiger partial charge is 0.484 e. The molecule has 0 atom stereocenters. The summed E-state index contributed by atoms with van der Waals surface area (Å²) >= 11 is 5.76. The molecule has 0 bridgehead atoms. The summed E-state index contributed by atoms with van der Waals surface area (Å²) in [6.45, 7) is -0.166. The first-order valence-electron chi connectivity index (χ1n) is 7.47. The van der Waals surface area contributed by atoms with Gasteiger partial charge in [-0.1, -0.05) is 11.6 Å². The molecule has 130 valence electrons. The molecule has 0 aromatic heterocycles. The predicted octanol–water partition coefficient (Wildman–Crippen LogP) is 3.41. The number of carboxylic acids is 1. The zero-order chi connectivity index (χ0) is 18.2. The fourth-order valence-electron chi connectivity index (χ4n) is 1.98. The second-order valence-corrected chi connectivity index (χ2v) is 5.62. The number of carbonyl (C=O) groups is 3. The van der Waals surface area contributed by atoms with Gasteiger partial charge in [-0.2, -0.15) is 0 Å². The van der Waals surface area contributed by atoms with Gasteiger partial charge in [0.2, 0.25) is 0 Å². The molecule has 1 amide bonds. The highest BCUT2D eigenvalue weighted by Crippen LogP contribution is 2.16. The molecule has 2 N–H and O–H groups in total. The SMILES string of the molecule is O=C(O)CCC(=O)c1ccc(NC(=O)COc2ccc(Cl)cc2)cc1. The summed E-state index contributed by atoms with van der Waals surface area (Å²) in [4.78, 5) is 34.1. The second-order valence-electron chi connectivity index (χ2n) is 5.19. The number of halogens is 1. The van der Waals surface area contributed by atoms with Crippen LogP contribution in [0, 0.1) is 0 Å². The standard InChI is InChI=1S/C18H16ClNO5/c19-13-3-7-15(8-4-13)25-11-17(22)20-14-5-1-12(2-6-14)16(21)9-10-18(23)24/h1-8H,9-11H2,(H,20,22)(H,23,24). The number of Topliss-reactive ketones (excluding diaryl/α,β-unsaturated/α-hetero) is 1. The van der Waals surface area contributed by atoms with Crippen LogP contribution in [0.5, 0.6) is 5.75 Å². The van der Waals surface area contributed by atoms with Crippen molar-refractivity contribution in [2.45, 2.75) is 12.8 Å². The van der Waals surface area contributed by atoms with Gasteiger partial charge in [0, 0.05) is 22.7 Å². The quantitative estimate of drug-likeness (QED) is 0.703. The summed E-state index contributed by atoms with van der Waals surface area (Å²) in [5.74, 6) is -1.09. The van der Waals surface area contributed by atoms with Crippen LogP contribution in [0.25, 0.3) is 0 Å². The minimum absolute atomic E-state index is 0.0596. The van der Waals surface area contributed by atoms with E-state index in [1.165, 1.54) is 0 Å². The van der Waals surface area contributed by atoms with E-state index in [9.17, 15) is 14.4 Å². The third-order valence-corrected chi connectivity index (χ3v) is 3.49. The summed E-state index contributed by atoms with van der Waals surface area (Å²) in [7, 11) is 0. The molecule has 0 saturated carbocycles. The van der Waals surface area contributed by atoms with E-state index in [4.69, 9.17) is 21.4 Å². The molecule has 0 unspecified atom stereocenters. The Morgan fingerprint density at radius 2 is 1.60 bits per heavy atom. The Bertz CT molecular complexity index is 756. The third kappa shape index (κ3) is 6.27. The number of anilines is 1. The first-order valence-corrected chi connectivity index (χ1v) is 7.85. The molecule has 25 heavy (non-hydrogen) atoms. The maximum Gasteiger partial charge on any atom is 0.303 e. The Morgan fingerprint density at radius 1 is 0.960 bits per heavy atom. The van der Waals surface area contributed by atoms with Gasteiger partial charge in [0.1, 0.15) is 5.75 Å². The lowest BCUT2D eigenvalue weighted by atomic mass is 10.1. The van der Waals surface area contributed by atoms with Crippen molar-refractivity contribution in [1.29, 1.82) is 0 Å². The number of ketones is 1. The number of carboxylic acid groups (broad SMARTS) is 1. The lowest BCUT2D eigenvalue weighted by Crippen LogP contribution is -2.20. The van der Waals surface area contributed by atoms with Gasteiger partial charge in [-0.15, -0.1) is 0 Å². The number of ether oxygens (including phenoxy) is 1. The molecule has 0 aliphatic heterocycles. The molecular weight excluding hydrogens is 346 g/mol. The second kappa shape index (κ2) is 8.84. The topological polar surface area (TPSA) is 92.7 Å². The highest BCUT2D eigenvalue weighted by atomic mass is 35.5. The van der Waals surface area contributed by atoms with Crippen molar-refractivity contribution in [1.82, 2.24) is 0 Å². The summed E-state index contributed by atoms with van der Waals surface area (Å²) in [6, 6.07) is 12.9. The van der Waals surface area contributed by atoms with Gasteiger partial charge in [0.25, 0.3) is 5.91 Å². The zero-order valence-corrected chi connectivity index (χ0v) is 14.0. The zero-order valence-electron chi connectivity index (χ0n) is 13.2. The van der Waals surface area contributed by atoms with Gasteiger partial charge in [0.05, 0.1) is 6.42 Å². The molecule has 2 aromatic rings. The van der Waals surface area contributed by atoms with Gasteiger partial charge in [-0.3, -0.25) is 14.4 Å². The molecule has 0 spiro atoms. The van der Waals surface area contributed by atoms with Crippen molar-refractivity contribution in [2.75, 3.05) is 11.9 Å². The Hall–Kier alpha value is -2.86. The summed E-state index contributed by atoms with van der Waals surface area (Å²) < 4.78 is 5.33. The first-order chi connectivity index (χ1) is 11.9. The summed E-state index contributed by atoms with van der Waals surface area (Å²) in [5, 5.41) is 11.8. The van der Waals surface area contributed by atoms with E-state index in [1.54, 1.807) is 48.5 Å². The Kier molecular flexibility index (Phi) is 6.54. The van der Waals surface area contributed by atoms with Gasteiger partial charge in [-0.25, -0.2) is 0 Å². The molecule has 6 nitrogen and oxygen atoms in total. The predicted molar refractivity (Wildman–Crippen MR) is 93.2 cm³/mol. The fraction of sp³-hybridized carbons (Fsp3) is 0.167. The minimum Gasteiger partial charge on any atom is -0.484 e. The van der Waals surface area contributed by atoms with Gasteiger partial charge in [0.15, 0.2) is 12.4 Å². The van der Waals surface area contributed by atoms with Crippen LogP contribution in [0.4, 0.5) is 5.69 Å². The Balaban J connectivity index is 1.83. The van der Waals surface area contributed by atoms with Gasteiger partial charge in [-0.05, 0) is 48.5 Å². The van der Waals surface area contributed by atoms with Crippen molar-refractivity contribution in [3.63, 3.8) is 0 Å². The molecule has 2 rings (SSSR count). The van der Waals surface area contributed by atoms with Crippen LogP contribution in [0.3, 0.4) is 0 Å². The Morgan fingerprint density at radius 3 is 2.20 bits per heavy atom. The summed E-state index contributed by atoms with van der Waals surface area (Å²) in [6.07, 6.45) is -0.269. The lowest BCUT2D eigenvalue weighted by molar-refractivity contribution is -0.137. The highest BCUT2D eigenvalue weighted by molar-refractivity contribution is 6.30.